The van der Waals surface area contributed by atoms with E-state index in [1.54, 1.807) is 11.1 Å². The van der Waals surface area contributed by atoms with Crippen molar-refractivity contribution in [3.63, 3.8) is 0 Å². The standard InChI is InChI=1S/C20H30Si.2Li/c1-19(2,3)15-9-11-17(13-15)21(7,8)18-12-10-16(14-18)20(4,5)6;;/h9-14H,1-8H3;;/q;2*+1. The van der Waals surface area contributed by atoms with E-state index in [4.69, 9.17) is 0 Å². The van der Waals surface area contributed by atoms with Crippen molar-refractivity contribution in [2.75, 3.05) is 0 Å². The summed E-state index contributed by atoms with van der Waals surface area (Å²) in [6, 6.07) is 0. The molecular formula is C20H30Li2Si+2. The summed E-state index contributed by atoms with van der Waals surface area (Å²) in [5.41, 5.74) is 3.59. The Balaban J connectivity index is 0.00000242. The van der Waals surface area contributed by atoms with E-state index in [1.165, 1.54) is 11.8 Å². The van der Waals surface area contributed by atoms with Crippen LogP contribution in [-0.4, -0.2) is 8.07 Å². The number of hydrogen-bond acceptors (Lipinski definition) is 0. The third kappa shape index (κ3) is 5.70. The molecule has 3 heteroatoms. The largest absolute Gasteiger partial charge is 1.00 e. The fourth-order valence-corrected chi connectivity index (χ4v) is 5.13. The van der Waals surface area contributed by atoms with Crippen molar-refractivity contribution >= 4 is 8.07 Å². The molecule has 2 aliphatic rings. The van der Waals surface area contributed by atoms with Crippen molar-refractivity contribution in [1.82, 2.24) is 0 Å². The molecule has 0 nitrogen and oxygen atoms in total. The van der Waals surface area contributed by atoms with Crippen LogP contribution in [0.4, 0.5) is 0 Å². The molecule has 0 amide bonds. The van der Waals surface area contributed by atoms with Crippen molar-refractivity contribution < 1.29 is 37.7 Å². The van der Waals surface area contributed by atoms with Crippen LogP contribution in [0.5, 0.6) is 0 Å². The zero-order chi connectivity index (χ0) is 16.1. The second kappa shape index (κ2) is 8.40. The summed E-state index contributed by atoms with van der Waals surface area (Å²) in [4.78, 5) is 0. The summed E-state index contributed by atoms with van der Waals surface area (Å²) in [6.07, 6.45) is 14.2. The molecule has 0 aromatic rings. The van der Waals surface area contributed by atoms with Crippen LogP contribution in [0, 0.1) is 72.3 Å². The predicted octanol–water partition coefficient (Wildman–Crippen LogP) is -0.576. The minimum atomic E-state index is -1.57. The molecule has 0 saturated heterocycles. The van der Waals surface area contributed by atoms with Gasteiger partial charge in [-0.2, -0.15) is 0 Å². The minimum Gasteiger partial charge on any atom is -0.0685 e. The molecule has 0 spiro atoms. The fraction of sp³-hybridized carbons (Fsp3) is 0.500. The maximum atomic E-state index is 2.47. The average molecular weight is 312 g/mol. The van der Waals surface area contributed by atoms with E-state index in [1.807, 2.05) is 0 Å². The van der Waals surface area contributed by atoms with Crippen LogP contribution in [0.1, 0.15) is 41.5 Å². The van der Waals surface area contributed by atoms with Gasteiger partial charge in [0, 0.05) is 0 Å². The molecule has 23 heavy (non-hydrogen) atoms. The normalized spacial score (nSPS) is 23.0. The van der Waals surface area contributed by atoms with Crippen molar-refractivity contribution in [3.05, 3.63) is 61.4 Å². The van der Waals surface area contributed by atoms with Gasteiger partial charge in [0.2, 0.25) is 0 Å². The summed E-state index contributed by atoms with van der Waals surface area (Å²) >= 11 is 0. The van der Waals surface area contributed by atoms with Crippen LogP contribution in [0.3, 0.4) is 0 Å². The molecule has 0 heterocycles. The summed E-state index contributed by atoms with van der Waals surface area (Å²) in [5.74, 6) is 2.92. The third-order valence-corrected chi connectivity index (χ3v) is 8.19. The van der Waals surface area contributed by atoms with Crippen LogP contribution in [0.2, 0.25) is 13.1 Å². The Kier molecular flexibility index (Phi) is 8.92. The third-order valence-electron chi connectivity index (χ3n) is 4.68. The number of hydrogen-bond donors (Lipinski definition) is 0. The Morgan fingerprint density at radius 3 is 1.13 bits per heavy atom. The van der Waals surface area contributed by atoms with Crippen molar-refractivity contribution in [3.8, 4) is 0 Å². The maximum Gasteiger partial charge on any atom is 1.00 e. The fourth-order valence-electron chi connectivity index (χ4n) is 2.76. The van der Waals surface area contributed by atoms with Crippen molar-refractivity contribution in [1.29, 1.82) is 0 Å². The zero-order valence-corrected chi connectivity index (χ0v) is 18.0. The summed E-state index contributed by atoms with van der Waals surface area (Å²) < 4.78 is 0. The Bertz CT molecular complexity index is 331. The molecule has 0 N–H and O–H groups in total. The van der Waals surface area contributed by atoms with Gasteiger partial charge in [-0.15, -0.1) is 0 Å². The summed E-state index contributed by atoms with van der Waals surface area (Å²) in [6.45, 7) is 18.7. The van der Waals surface area contributed by atoms with E-state index in [0.29, 0.717) is 0 Å². The maximum absolute atomic E-state index is 2.47. The van der Waals surface area contributed by atoms with Crippen LogP contribution in [-0.2, 0) is 0 Å². The van der Waals surface area contributed by atoms with E-state index in [0.717, 1.165) is 0 Å². The van der Waals surface area contributed by atoms with E-state index in [9.17, 15) is 0 Å². The summed E-state index contributed by atoms with van der Waals surface area (Å²) in [7, 11) is -1.57. The van der Waals surface area contributed by atoms with Gasteiger partial charge in [-0.1, -0.05) is 54.6 Å². The van der Waals surface area contributed by atoms with Gasteiger partial charge in [0.25, 0.3) is 0 Å². The molecule has 0 atom stereocenters. The first-order valence-corrected chi connectivity index (χ1v) is 11.0. The minimum absolute atomic E-state index is 0. The van der Waals surface area contributed by atoms with E-state index < -0.39 is 8.07 Å². The molecule has 2 fully saturated rings. The van der Waals surface area contributed by atoms with Crippen molar-refractivity contribution in [2.45, 2.75) is 54.6 Å². The quantitative estimate of drug-likeness (QED) is 0.599. The monoisotopic (exact) mass is 312 g/mol. The molecule has 0 unspecified atom stereocenters. The molecule has 0 aliphatic heterocycles. The van der Waals surface area contributed by atoms with Gasteiger partial charge in [0.1, 0.15) is 0 Å². The van der Waals surface area contributed by atoms with E-state index in [2.05, 4.69) is 93.2 Å². The van der Waals surface area contributed by atoms with E-state index >= 15 is 0 Å². The first-order valence-electron chi connectivity index (χ1n) is 7.98. The molecule has 2 saturated carbocycles. The Hall–Kier alpha value is 1.41. The SMILES string of the molecule is CC(C)(C)[C]1[CH][CH][C]([Si](C)(C)[C]2[CH][CH][C](C(C)(C)C)[CH]2)[CH]1.[Li+].[Li+]. The van der Waals surface area contributed by atoms with E-state index in [-0.39, 0.29) is 48.6 Å². The molecule has 0 aromatic carbocycles. The van der Waals surface area contributed by atoms with Crippen LogP contribution < -0.4 is 37.7 Å². The van der Waals surface area contributed by atoms with Crippen LogP contribution in [0.25, 0.3) is 0 Å². The van der Waals surface area contributed by atoms with Gasteiger partial charge in [0.15, 0.2) is 0 Å². The van der Waals surface area contributed by atoms with Crippen molar-refractivity contribution in [2.24, 2.45) is 10.8 Å². The Labute approximate surface area is 172 Å². The molecule has 10 radical (unpaired) electrons. The van der Waals surface area contributed by atoms with Gasteiger partial charge in [-0.25, -0.2) is 0 Å². The number of rotatable bonds is 2. The molecule has 2 rings (SSSR count). The molecule has 2 aliphatic carbocycles. The molecule has 0 bridgehead atoms. The van der Waals surface area contributed by atoms with Gasteiger partial charge in [-0.3, -0.25) is 0 Å². The molecule has 0 aromatic heterocycles. The first-order chi connectivity index (χ1) is 9.42. The van der Waals surface area contributed by atoms with Crippen LogP contribution in [0.15, 0.2) is 0 Å². The topological polar surface area (TPSA) is 0 Å². The van der Waals surface area contributed by atoms with Gasteiger partial charge >= 0.3 is 37.7 Å². The van der Waals surface area contributed by atoms with Gasteiger partial charge in [0.05, 0.1) is 8.07 Å². The predicted molar refractivity (Wildman–Crippen MR) is 95.2 cm³/mol. The Morgan fingerprint density at radius 1 is 0.609 bits per heavy atom. The first kappa shape index (κ1) is 24.4. The van der Waals surface area contributed by atoms with Gasteiger partial charge in [-0.05, 0) is 72.3 Å². The zero-order valence-electron chi connectivity index (χ0n) is 17.0. The summed E-state index contributed by atoms with van der Waals surface area (Å²) in [5, 5.41) is 0. The van der Waals surface area contributed by atoms with Crippen LogP contribution >= 0.6 is 0 Å². The molecule has 114 valence electrons. The molecular weight excluding hydrogens is 282 g/mol. The average Bonchev–Trinajstić information content (AvgIpc) is 2.97. The second-order valence-corrected chi connectivity index (χ2v) is 13.3. The second-order valence-electron chi connectivity index (χ2n) is 8.90. The smallest absolute Gasteiger partial charge is 0.0685 e. The Morgan fingerprint density at radius 2 is 0.913 bits per heavy atom. The van der Waals surface area contributed by atoms with Gasteiger partial charge < -0.3 is 0 Å².